The lowest BCUT2D eigenvalue weighted by atomic mass is 9.89. The molecule has 0 radical (unpaired) electrons. The fraction of sp³-hybridized carbons (Fsp3) is 0.350. The summed E-state index contributed by atoms with van der Waals surface area (Å²) in [6, 6.07) is 8.60. The molecule has 142 valence electrons. The predicted molar refractivity (Wildman–Crippen MR) is 90.6 cm³/mol. The standard InChI is InChI=1S/C20H18F3NO3/c21-14-8-7-12(10-16(14)23)18-19(27-17-6-2-1-5-15(17)22)20(25)24(18)11-13-4-3-9-26-13/h1-2,5-8,10,13,18-19H,3-4,9,11H2/t13-,18-,19+/m0/s1. The Labute approximate surface area is 154 Å². The van der Waals surface area contributed by atoms with Crippen LogP contribution in [0.4, 0.5) is 13.2 Å². The van der Waals surface area contributed by atoms with Gasteiger partial charge in [-0.15, -0.1) is 0 Å². The second-order valence-electron chi connectivity index (χ2n) is 6.71. The molecule has 0 aliphatic carbocycles. The van der Waals surface area contributed by atoms with Gasteiger partial charge in [-0.2, -0.15) is 0 Å². The van der Waals surface area contributed by atoms with Crippen molar-refractivity contribution < 1.29 is 27.4 Å². The minimum absolute atomic E-state index is 0.0554. The maximum atomic E-state index is 13.9. The van der Waals surface area contributed by atoms with Crippen LogP contribution < -0.4 is 4.74 Å². The molecule has 2 saturated heterocycles. The van der Waals surface area contributed by atoms with Gasteiger partial charge in [0.15, 0.2) is 23.2 Å². The van der Waals surface area contributed by atoms with E-state index in [-0.39, 0.29) is 17.8 Å². The minimum atomic E-state index is -1.01. The highest BCUT2D eigenvalue weighted by Crippen LogP contribution is 2.39. The highest BCUT2D eigenvalue weighted by atomic mass is 19.2. The molecule has 2 aliphatic rings. The third-order valence-electron chi connectivity index (χ3n) is 4.95. The Morgan fingerprint density at radius 3 is 2.59 bits per heavy atom. The summed E-state index contributed by atoms with van der Waals surface area (Å²) < 4.78 is 52.2. The summed E-state index contributed by atoms with van der Waals surface area (Å²) in [7, 11) is 0. The smallest absolute Gasteiger partial charge is 0.266 e. The van der Waals surface area contributed by atoms with Gasteiger partial charge in [0.2, 0.25) is 6.10 Å². The molecule has 2 aromatic rings. The topological polar surface area (TPSA) is 38.8 Å². The molecule has 4 nitrogen and oxygen atoms in total. The number of carbonyl (C=O) groups excluding carboxylic acids is 1. The number of para-hydroxylation sites is 1. The van der Waals surface area contributed by atoms with E-state index < -0.39 is 29.6 Å². The van der Waals surface area contributed by atoms with Crippen molar-refractivity contribution in [2.24, 2.45) is 0 Å². The zero-order valence-electron chi connectivity index (χ0n) is 14.4. The second-order valence-corrected chi connectivity index (χ2v) is 6.71. The quantitative estimate of drug-likeness (QED) is 0.748. The fourth-order valence-corrected chi connectivity index (χ4v) is 3.57. The molecule has 0 saturated carbocycles. The minimum Gasteiger partial charge on any atom is -0.475 e. The molecule has 0 bridgehead atoms. The highest BCUT2D eigenvalue weighted by Gasteiger charge is 2.51. The Morgan fingerprint density at radius 2 is 1.89 bits per heavy atom. The van der Waals surface area contributed by atoms with E-state index >= 15 is 0 Å². The number of β-lactam (4-membered cyclic amide) rings is 1. The van der Waals surface area contributed by atoms with Crippen LogP contribution in [0.5, 0.6) is 5.75 Å². The van der Waals surface area contributed by atoms with Gasteiger partial charge in [0.05, 0.1) is 6.10 Å². The monoisotopic (exact) mass is 377 g/mol. The lowest BCUT2D eigenvalue weighted by Gasteiger charge is -2.47. The lowest BCUT2D eigenvalue weighted by molar-refractivity contribution is -0.167. The van der Waals surface area contributed by atoms with Crippen molar-refractivity contribution in [3.63, 3.8) is 0 Å². The average Bonchev–Trinajstić information content (AvgIpc) is 3.17. The molecule has 2 fully saturated rings. The maximum absolute atomic E-state index is 13.9. The van der Waals surface area contributed by atoms with Crippen molar-refractivity contribution in [1.29, 1.82) is 0 Å². The fourth-order valence-electron chi connectivity index (χ4n) is 3.57. The first kappa shape index (κ1) is 17.9. The zero-order valence-corrected chi connectivity index (χ0v) is 14.4. The van der Waals surface area contributed by atoms with Crippen LogP contribution in [0.2, 0.25) is 0 Å². The van der Waals surface area contributed by atoms with Crippen molar-refractivity contribution in [3.05, 3.63) is 65.5 Å². The second kappa shape index (κ2) is 7.23. The number of halogens is 3. The van der Waals surface area contributed by atoms with Crippen LogP contribution in [0.25, 0.3) is 0 Å². The summed E-state index contributed by atoms with van der Waals surface area (Å²) >= 11 is 0. The van der Waals surface area contributed by atoms with Crippen LogP contribution in [-0.2, 0) is 9.53 Å². The first-order valence-corrected chi connectivity index (χ1v) is 8.83. The van der Waals surface area contributed by atoms with E-state index in [2.05, 4.69) is 0 Å². The molecule has 0 N–H and O–H groups in total. The Morgan fingerprint density at radius 1 is 1.07 bits per heavy atom. The Hall–Kier alpha value is -2.54. The van der Waals surface area contributed by atoms with E-state index in [1.54, 1.807) is 6.07 Å². The Balaban J connectivity index is 1.61. The third-order valence-corrected chi connectivity index (χ3v) is 4.95. The van der Waals surface area contributed by atoms with Gasteiger partial charge in [-0.3, -0.25) is 4.79 Å². The molecule has 7 heteroatoms. The van der Waals surface area contributed by atoms with Gasteiger partial charge in [0, 0.05) is 13.2 Å². The van der Waals surface area contributed by atoms with Crippen molar-refractivity contribution in [2.45, 2.75) is 31.1 Å². The summed E-state index contributed by atoms with van der Waals surface area (Å²) in [5.74, 6) is -2.95. The van der Waals surface area contributed by atoms with Crippen LogP contribution in [0.1, 0.15) is 24.4 Å². The molecule has 2 aromatic carbocycles. The zero-order chi connectivity index (χ0) is 19.0. The van der Waals surface area contributed by atoms with Gasteiger partial charge in [0.1, 0.15) is 6.04 Å². The van der Waals surface area contributed by atoms with E-state index in [0.29, 0.717) is 18.7 Å². The number of carbonyl (C=O) groups is 1. The molecule has 2 heterocycles. The van der Waals surface area contributed by atoms with Crippen LogP contribution >= 0.6 is 0 Å². The summed E-state index contributed by atoms with van der Waals surface area (Å²) in [4.78, 5) is 14.2. The van der Waals surface area contributed by atoms with Crippen molar-refractivity contribution in [3.8, 4) is 5.75 Å². The van der Waals surface area contributed by atoms with E-state index in [0.717, 1.165) is 25.0 Å². The van der Waals surface area contributed by atoms with Crippen molar-refractivity contribution in [2.75, 3.05) is 13.2 Å². The van der Waals surface area contributed by atoms with Crippen molar-refractivity contribution in [1.82, 2.24) is 4.90 Å². The first-order valence-electron chi connectivity index (χ1n) is 8.83. The number of rotatable bonds is 5. The van der Waals surface area contributed by atoms with Gasteiger partial charge in [-0.1, -0.05) is 18.2 Å². The summed E-state index contributed by atoms with van der Waals surface area (Å²) in [5, 5.41) is 0. The number of amides is 1. The van der Waals surface area contributed by atoms with E-state index in [1.807, 2.05) is 0 Å². The van der Waals surface area contributed by atoms with Gasteiger partial charge < -0.3 is 14.4 Å². The van der Waals surface area contributed by atoms with E-state index in [1.165, 1.54) is 29.2 Å². The average molecular weight is 377 g/mol. The Bertz CT molecular complexity index is 854. The summed E-state index contributed by atoms with van der Waals surface area (Å²) in [5.41, 5.74) is 0.396. The molecule has 0 unspecified atom stereocenters. The summed E-state index contributed by atoms with van der Waals surface area (Å²) in [6.07, 6.45) is 0.634. The molecule has 4 rings (SSSR count). The SMILES string of the molecule is O=C1[C@H](Oc2ccccc2F)[C@H](c2ccc(F)c(F)c2)N1C[C@@H]1CCCO1. The number of nitrogens with zero attached hydrogens (tertiary/aromatic N) is 1. The molecular formula is C20H18F3NO3. The first-order chi connectivity index (χ1) is 13.0. The van der Waals surface area contributed by atoms with Gasteiger partial charge in [-0.25, -0.2) is 13.2 Å². The number of hydrogen-bond acceptors (Lipinski definition) is 3. The molecule has 2 aliphatic heterocycles. The molecule has 3 atom stereocenters. The lowest BCUT2D eigenvalue weighted by Crippen LogP contribution is -2.62. The van der Waals surface area contributed by atoms with Gasteiger partial charge >= 0.3 is 0 Å². The van der Waals surface area contributed by atoms with Crippen LogP contribution in [0.3, 0.4) is 0 Å². The van der Waals surface area contributed by atoms with Crippen LogP contribution in [0, 0.1) is 17.5 Å². The van der Waals surface area contributed by atoms with Crippen LogP contribution in [-0.4, -0.2) is 36.2 Å². The van der Waals surface area contributed by atoms with Gasteiger partial charge in [-0.05, 0) is 42.7 Å². The highest BCUT2D eigenvalue weighted by molar-refractivity contribution is 5.89. The molecule has 0 aromatic heterocycles. The molecule has 27 heavy (non-hydrogen) atoms. The largest absolute Gasteiger partial charge is 0.475 e. The molecule has 1 amide bonds. The van der Waals surface area contributed by atoms with Crippen molar-refractivity contribution >= 4 is 5.91 Å². The molecule has 0 spiro atoms. The summed E-state index contributed by atoms with van der Waals surface area (Å²) in [6.45, 7) is 0.970. The maximum Gasteiger partial charge on any atom is 0.266 e. The predicted octanol–water partition coefficient (Wildman–Crippen LogP) is 3.61. The third kappa shape index (κ3) is 3.39. The Kier molecular flexibility index (Phi) is 4.78. The number of likely N-dealkylation sites (tertiary alicyclic amines) is 1. The number of benzene rings is 2. The van der Waals surface area contributed by atoms with Crippen LogP contribution in [0.15, 0.2) is 42.5 Å². The van der Waals surface area contributed by atoms with Gasteiger partial charge in [0.25, 0.3) is 5.91 Å². The van der Waals surface area contributed by atoms with E-state index in [4.69, 9.17) is 9.47 Å². The normalized spacial score (nSPS) is 24.8. The molecular weight excluding hydrogens is 359 g/mol. The number of hydrogen-bond donors (Lipinski definition) is 0. The number of ether oxygens (including phenoxy) is 2. The van der Waals surface area contributed by atoms with E-state index in [9.17, 15) is 18.0 Å².